The number of carbonyl (C=O) groups is 2. The molecule has 0 unspecified atom stereocenters. The summed E-state index contributed by atoms with van der Waals surface area (Å²) in [5, 5.41) is 15.5. The van der Waals surface area contributed by atoms with Gasteiger partial charge in [0.1, 0.15) is 23.1 Å². The maximum Gasteiger partial charge on any atom is 0.326 e. The number of rotatable bonds is 6. The molecule has 1 saturated heterocycles. The number of nitrogens with zero attached hydrogens (tertiary/aromatic N) is 3. The summed E-state index contributed by atoms with van der Waals surface area (Å²) in [6.07, 6.45) is 5.45. The van der Waals surface area contributed by atoms with Gasteiger partial charge in [-0.05, 0) is 43.0 Å². The van der Waals surface area contributed by atoms with Gasteiger partial charge in [-0.1, -0.05) is 11.6 Å². The monoisotopic (exact) mass is 441 g/mol. The molecule has 0 atom stereocenters. The second-order valence-corrected chi connectivity index (χ2v) is 7.81. The molecule has 1 aliphatic carbocycles. The molecule has 2 fully saturated rings. The highest BCUT2D eigenvalue weighted by atomic mass is 35.5. The van der Waals surface area contributed by atoms with Gasteiger partial charge in [-0.15, -0.1) is 0 Å². The fourth-order valence-corrected chi connectivity index (χ4v) is 3.38. The fourth-order valence-electron chi connectivity index (χ4n) is 3.20. The summed E-state index contributed by atoms with van der Waals surface area (Å²) in [7, 11) is 0. The zero-order valence-electron chi connectivity index (χ0n) is 16.1. The molecule has 3 amide bonds. The second-order valence-electron chi connectivity index (χ2n) is 7.41. The lowest BCUT2D eigenvalue weighted by Crippen LogP contribution is -2.22. The van der Waals surface area contributed by atoms with Crippen LogP contribution in [0, 0.1) is 11.7 Å². The van der Waals surface area contributed by atoms with Crippen molar-refractivity contribution in [3.63, 3.8) is 0 Å². The standard InChI is InChI=1S/C20H17ClFN7O2/c21-13-6-12(3-4-14(13)22)25-16-7-17(23-8-10-1-2-10)29-18(27-16)11(9-24-29)5-15-19(30)28-20(31)26-15/h3-7,9-10,23H,1-2,8H2,(H,25,27)(H2,26,28,30,31)/b15-5+. The first-order valence-electron chi connectivity index (χ1n) is 9.65. The lowest BCUT2D eigenvalue weighted by atomic mass is 10.2. The highest BCUT2D eigenvalue weighted by molar-refractivity contribution is 6.31. The fraction of sp³-hybridized carbons (Fsp3) is 0.200. The maximum atomic E-state index is 13.5. The zero-order chi connectivity index (χ0) is 21.5. The van der Waals surface area contributed by atoms with E-state index < -0.39 is 17.8 Å². The summed E-state index contributed by atoms with van der Waals surface area (Å²) in [6.45, 7) is 0.801. The third-order valence-electron chi connectivity index (χ3n) is 4.98. The molecule has 0 spiro atoms. The van der Waals surface area contributed by atoms with E-state index in [0.717, 1.165) is 6.54 Å². The second kappa shape index (κ2) is 7.55. The lowest BCUT2D eigenvalue weighted by Gasteiger charge is -2.12. The van der Waals surface area contributed by atoms with E-state index >= 15 is 0 Å². The van der Waals surface area contributed by atoms with Crippen molar-refractivity contribution in [2.45, 2.75) is 12.8 Å². The number of fused-ring (bicyclic) bond motifs is 1. The topological polar surface area (TPSA) is 112 Å². The molecule has 3 heterocycles. The molecule has 3 aromatic rings. The summed E-state index contributed by atoms with van der Waals surface area (Å²) in [4.78, 5) is 27.9. The van der Waals surface area contributed by atoms with Crippen molar-refractivity contribution in [3.8, 4) is 0 Å². The normalized spacial score (nSPS) is 17.2. The van der Waals surface area contributed by atoms with Gasteiger partial charge in [0.25, 0.3) is 5.91 Å². The van der Waals surface area contributed by atoms with Crippen LogP contribution < -0.4 is 21.3 Å². The summed E-state index contributed by atoms with van der Waals surface area (Å²) >= 11 is 5.88. The van der Waals surface area contributed by atoms with Gasteiger partial charge in [-0.25, -0.2) is 14.2 Å². The number of hydrogen-bond donors (Lipinski definition) is 4. The highest BCUT2D eigenvalue weighted by Gasteiger charge is 2.24. The molecular formula is C20H17ClFN7O2. The van der Waals surface area contributed by atoms with E-state index in [1.165, 1.54) is 31.1 Å². The molecule has 31 heavy (non-hydrogen) atoms. The largest absolute Gasteiger partial charge is 0.370 e. The van der Waals surface area contributed by atoms with Gasteiger partial charge < -0.3 is 16.0 Å². The number of imide groups is 1. The summed E-state index contributed by atoms with van der Waals surface area (Å²) < 4.78 is 15.1. The van der Waals surface area contributed by atoms with Crippen molar-refractivity contribution in [2.24, 2.45) is 5.92 Å². The van der Waals surface area contributed by atoms with E-state index in [9.17, 15) is 14.0 Å². The smallest absolute Gasteiger partial charge is 0.326 e. The van der Waals surface area contributed by atoms with Crippen molar-refractivity contribution < 1.29 is 14.0 Å². The van der Waals surface area contributed by atoms with Crippen LogP contribution in [-0.2, 0) is 4.79 Å². The molecule has 1 saturated carbocycles. The average Bonchev–Trinajstić information content (AvgIpc) is 3.40. The number of urea groups is 1. The maximum absolute atomic E-state index is 13.5. The number of hydrogen-bond acceptors (Lipinski definition) is 6. The van der Waals surface area contributed by atoms with Gasteiger partial charge in [0.05, 0.1) is 11.2 Å². The highest BCUT2D eigenvalue weighted by Crippen LogP contribution is 2.30. The van der Waals surface area contributed by atoms with Gasteiger partial charge in [0.15, 0.2) is 5.65 Å². The van der Waals surface area contributed by atoms with Crippen molar-refractivity contribution in [1.82, 2.24) is 25.2 Å². The van der Waals surface area contributed by atoms with Crippen LogP contribution in [0.4, 0.5) is 26.5 Å². The van der Waals surface area contributed by atoms with Crippen LogP contribution in [0.1, 0.15) is 18.4 Å². The van der Waals surface area contributed by atoms with E-state index in [4.69, 9.17) is 11.6 Å². The van der Waals surface area contributed by atoms with E-state index in [-0.39, 0.29) is 10.7 Å². The van der Waals surface area contributed by atoms with Crippen LogP contribution >= 0.6 is 11.6 Å². The minimum Gasteiger partial charge on any atom is -0.370 e. The molecule has 9 nitrogen and oxygen atoms in total. The number of nitrogens with one attached hydrogen (secondary N) is 4. The van der Waals surface area contributed by atoms with Crippen LogP contribution in [0.2, 0.25) is 5.02 Å². The number of anilines is 3. The SMILES string of the molecule is O=C1NC(=O)/C(=C\c2cnn3c(NCC4CC4)cc(Nc4ccc(F)c(Cl)c4)nc23)N1. The molecule has 4 N–H and O–H groups in total. The predicted octanol–water partition coefficient (Wildman–Crippen LogP) is 3.27. The first-order valence-corrected chi connectivity index (χ1v) is 10.0. The van der Waals surface area contributed by atoms with Crippen LogP contribution in [0.15, 0.2) is 36.2 Å². The summed E-state index contributed by atoms with van der Waals surface area (Å²) in [5.41, 5.74) is 1.69. The Bertz CT molecular complexity index is 1250. The molecule has 2 aliphatic rings. The molecule has 0 bridgehead atoms. The van der Waals surface area contributed by atoms with Gasteiger partial charge in [-0.2, -0.15) is 9.61 Å². The van der Waals surface area contributed by atoms with Gasteiger partial charge in [0.2, 0.25) is 0 Å². The number of aromatic nitrogens is 3. The Morgan fingerprint density at radius 1 is 1.26 bits per heavy atom. The quantitative estimate of drug-likeness (QED) is 0.345. The first kappa shape index (κ1) is 19.3. The molecule has 1 aliphatic heterocycles. The Kier molecular flexibility index (Phi) is 4.70. The number of amides is 3. The first-order chi connectivity index (χ1) is 15.0. The van der Waals surface area contributed by atoms with E-state index in [2.05, 4.69) is 31.3 Å². The summed E-state index contributed by atoms with van der Waals surface area (Å²) in [6, 6.07) is 5.51. The Morgan fingerprint density at radius 2 is 2.10 bits per heavy atom. The number of benzene rings is 1. The van der Waals surface area contributed by atoms with Crippen molar-refractivity contribution in [1.29, 1.82) is 0 Å². The molecule has 1 aromatic carbocycles. The molecular weight excluding hydrogens is 425 g/mol. The zero-order valence-corrected chi connectivity index (χ0v) is 16.8. The van der Waals surface area contributed by atoms with Crippen LogP contribution in [0.25, 0.3) is 11.7 Å². The third kappa shape index (κ3) is 4.02. The molecule has 11 heteroatoms. The Hall–Kier alpha value is -3.66. The predicted molar refractivity (Wildman–Crippen MR) is 114 cm³/mol. The van der Waals surface area contributed by atoms with E-state index in [0.29, 0.717) is 34.5 Å². The van der Waals surface area contributed by atoms with Crippen molar-refractivity contribution in [3.05, 3.63) is 52.6 Å². The Labute approximate surface area is 180 Å². The van der Waals surface area contributed by atoms with Crippen LogP contribution in [0.5, 0.6) is 0 Å². The van der Waals surface area contributed by atoms with Crippen LogP contribution in [0.3, 0.4) is 0 Å². The molecule has 5 rings (SSSR count). The minimum atomic E-state index is -0.581. The Morgan fingerprint density at radius 3 is 2.81 bits per heavy atom. The van der Waals surface area contributed by atoms with Gasteiger partial charge in [-0.3, -0.25) is 10.1 Å². The van der Waals surface area contributed by atoms with E-state index in [1.54, 1.807) is 22.8 Å². The van der Waals surface area contributed by atoms with Crippen LogP contribution in [-0.4, -0.2) is 33.1 Å². The summed E-state index contributed by atoms with van der Waals surface area (Å²) in [5.74, 6) is 0.784. The third-order valence-corrected chi connectivity index (χ3v) is 5.27. The van der Waals surface area contributed by atoms with E-state index in [1.807, 2.05) is 0 Å². The number of halogens is 2. The van der Waals surface area contributed by atoms with Gasteiger partial charge in [0, 0.05) is 23.9 Å². The Balaban J connectivity index is 1.54. The van der Waals surface area contributed by atoms with Crippen molar-refractivity contribution in [2.75, 3.05) is 17.2 Å². The van der Waals surface area contributed by atoms with Crippen molar-refractivity contribution >= 4 is 52.6 Å². The lowest BCUT2D eigenvalue weighted by molar-refractivity contribution is -0.115. The van der Waals surface area contributed by atoms with Gasteiger partial charge >= 0.3 is 6.03 Å². The average molecular weight is 442 g/mol. The molecule has 0 radical (unpaired) electrons. The number of carbonyl (C=O) groups excluding carboxylic acids is 2. The molecule has 2 aromatic heterocycles. The minimum absolute atomic E-state index is 0.00378. The molecule has 158 valence electrons.